The summed E-state index contributed by atoms with van der Waals surface area (Å²) in [4.78, 5) is 16.2. The van der Waals surface area contributed by atoms with E-state index in [-0.39, 0.29) is 5.91 Å². The summed E-state index contributed by atoms with van der Waals surface area (Å²) in [5.74, 6) is -0.0513. The number of anilines is 1. The van der Waals surface area contributed by atoms with Gasteiger partial charge in [-0.2, -0.15) is 0 Å². The number of aromatic nitrogens is 1. The van der Waals surface area contributed by atoms with Crippen LogP contribution in [0.15, 0.2) is 18.3 Å². The molecule has 1 saturated carbocycles. The Morgan fingerprint density at radius 2 is 1.94 bits per heavy atom. The molecule has 0 unspecified atom stereocenters. The zero-order valence-electron chi connectivity index (χ0n) is 10.9. The number of hydrogen-bond acceptors (Lipinski definition) is 3. The molecule has 0 aliphatic heterocycles. The van der Waals surface area contributed by atoms with Gasteiger partial charge in [0.1, 0.15) is 5.69 Å². The molecule has 4 nitrogen and oxygen atoms in total. The third-order valence-corrected chi connectivity index (χ3v) is 3.48. The molecule has 18 heavy (non-hydrogen) atoms. The molecule has 98 valence electrons. The first kappa shape index (κ1) is 12.9. The number of carbonyl (C=O) groups excluding carboxylic acids is 1. The van der Waals surface area contributed by atoms with Crippen molar-refractivity contribution in [2.24, 2.45) is 0 Å². The molecule has 1 aliphatic carbocycles. The van der Waals surface area contributed by atoms with Crippen LogP contribution in [0, 0.1) is 0 Å². The van der Waals surface area contributed by atoms with Gasteiger partial charge in [0, 0.05) is 13.1 Å². The van der Waals surface area contributed by atoms with Crippen LogP contribution in [-0.2, 0) is 0 Å². The van der Waals surface area contributed by atoms with Gasteiger partial charge in [-0.15, -0.1) is 0 Å². The summed E-state index contributed by atoms with van der Waals surface area (Å²) in [7, 11) is 1.84. The minimum Gasteiger partial charge on any atom is -0.387 e. The van der Waals surface area contributed by atoms with Gasteiger partial charge in [-0.3, -0.25) is 4.79 Å². The summed E-state index contributed by atoms with van der Waals surface area (Å²) >= 11 is 0. The van der Waals surface area contributed by atoms with Crippen LogP contribution in [0.5, 0.6) is 0 Å². The van der Waals surface area contributed by atoms with Crippen LogP contribution in [0.4, 0.5) is 5.69 Å². The van der Waals surface area contributed by atoms with Gasteiger partial charge < -0.3 is 10.6 Å². The summed E-state index contributed by atoms with van der Waals surface area (Å²) in [5, 5.41) is 6.08. The largest absolute Gasteiger partial charge is 0.387 e. The molecule has 0 aromatic carbocycles. The number of nitrogens with zero attached hydrogens (tertiary/aromatic N) is 1. The first-order valence-corrected chi connectivity index (χ1v) is 6.74. The number of rotatable bonds is 3. The molecule has 1 amide bonds. The summed E-state index contributed by atoms with van der Waals surface area (Å²) < 4.78 is 0. The Bertz CT molecular complexity index is 381. The van der Waals surface area contributed by atoms with Gasteiger partial charge in [-0.05, 0) is 25.0 Å². The highest BCUT2D eigenvalue weighted by Gasteiger charge is 2.16. The van der Waals surface area contributed by atoms with E-state index in [1.807, 2.05) is 13.1 Å². The summed E-state index contributed by atoms with van der Waals surface area (Å²) in [5.41, 5.74) is 1.42. The molecule has 0 bridgehead atoms. The third kappa shape index (κ3) is 3.45. The smallest absolute Gasteiger partial charge is 0.270 e. The van der Waals surface area contributed by atoms with E-state index < -0.39 is 0 Å². The molecule has 0 radical (unpaired) electrons. The lowest BCUT2D eigenvalue weighted by atomic mass is 10.1. The van der Waals surface area contributed by atoms with Crippen molar-refractivity contribution in [1.29, 1.82) is 0 Å². The van der Waals surface area contributed by atoms with Gasteiger partial charge in [-0.25, -0.2) is 4.98 Å². The van der Waals surface area contributed by atoms with Crippen LogP contribution in [0.2, 0.25) is 0 Å². The predicted octanol–water partition coefficient (Wildman–Crippen LogP) is 2.58. The lowest BCUT2D eigenvalue weighted by Gasteiger charge is -2.15. The molecule has 1 fully saturated rings. The lowest BCUT2D eigenvalue weighted by molar-refractivity contribution is 0.0928. The average Bonchev–Trinajstić information content (AvgIpc) is 2.67. The highest BCUT2D eigenvalue weighted by atomic mass is 16.1. The molecule has 2 rings (SSSR count). The van der Waals surface area contributed by atoms with Crippen molar-refractivity contribution in [3.05, 3.63) is 24.0 Å². The number of nitrogens with one attached hydrogen (secondary N) is 2. The van der Waals surface area contributed by atoms with Crippen molar-refractivity contribution < 1.29 is 4.79 Å². The van der Waals surface area contributed by atoms with E-state index >= 15 is 0 Å². The normalized spacial score (nSPS) is 16.9. The summed E-state index contributed by atoms with van der Waals surface area (Å²) in [6.45, 7) is 0. The van der Waals surface area contributed by atoms with Crippen molar-refractivity contribution >= 4 is 11.6 Å². The van der Waals surface area contributed by atoms with Crippen LogP contribution in [0.3, 0.4) is 0 Å². The molecule has 1 aromatic rings. The fraction of sp³-hybridized carbons (Fsp3) is 0.571. The second-order valence-electron chi connectivity index (χ2n) is 4.84. The van der Waals surface area contributed by atoms with Gasteiger partial charge in [0.05, 0.1) is 11.9 Å². The first-order chi connectivity index (χ1) is 8.79. The predicted molar refractivity (Wildman–Crippen MR) is 72.7 cm³/mol. The maximum absolute atomic E-state index is 12.0. The Morgan fingerprint density at radius 1 is 1.22 bits per heavy atom. The van der Waals surface area contributed by atoms with Crippen LogP contribution >= 0.6 is 0 Å². The number of pyridine rings is 1. The van der Waals surface area contributed by atoms with E-state index in [4.69, 9.17) is 0 Å². The van der Waals surface area contributed by atoms with E-state index in [0.717, 1.165) is 18.5 Å². The quantitative estimate of drug-likeness (QED) is 0.807. The fourth-order valence-corrected chi connectivity index (χ4v) is 2.36. The van der Waals surface area contributed by atoms with Crippen LogP contribution < -0.4 is 10.6 Å². The summed E-state index contributed by atoms with van der Waals surface area (Å²) in [6.07, 6.45) is 8.90. The van der Waals surface area contributed by atoms with Gasteiger partial charge in [0.25, 0.3) is 5.91 Å². The monoisotopic (exact) mass is 247 g/mol. The number of hydrogen-bond donors (Lipinski definition) is 2. The average molecular weight is 247 g/mol. The number of carbonyl (C=O) groups is 1. The first-order valence-electron chi connectivity index (χ1n) is 6.74. The molecule has 0 spiro atoms. The van der Waals surface area contributed by atoms with E-state index in [9.17, 15) is 4.79 Å². The molecule has 1 aromatic heterocycles. The van der Waals surface area contributed by atoms with Crippen LogP contribution in [0.1, 0.15) is 49.0 Å². The topological polar surface area (TPSA) is 54.0 Å². The van der Waals surface area contributed by atoms with Gasteiger partial charge in [0.15, 0.2) is 0 Å². The highest BCUT2D eigenvalue weighted by Crippen LogP contribution is 2.17. The Kier molecular flexibility index (Phi) is 4.56. The maximum atomic E-state index is 12.0. The van der Waals surface area contributed by atoms with Gasteiger partial charge in [0.2, 0.25) is 0 Å². The number of amides is 1. The van der Waals surface area contributed by atoms with E-state index in [1.165, 1.54) is 25.7 Å². The fourth-order valence-electron chi connectivity index (χ4n) is 2.36. The molecule has 2 N–H and O–H groups in total. The van der Waals surface area contributed by atoms with Crippen molar-refractivity contribution in [2.75, 3.05) is 12.4 Å². The Balaban J connectivity index is 1.93. The molecule has 0 atom stereocenters. The molecule has 1 heterocycles. The van der Waals surface area contributed by atoms with Crippen LogP contribution in [-0.4, -0.2) is 24.0 Å². The zero-order valence-corrected chi connectivity index (χ0v) is 10.9. The lowest BCUT2D eigenvalue weighted by Crippen LogP contribution is -2.34. The maximum Gasteiger partial charge on any atom is 0.270 e. The molecular weight excluding hydrogens is 226 g/mol. The second kappa shape index (κ2) is 6.38. The van der Waals surface area contributed by atoms with Crippen LogP contribution in [0.25, 0.3) is 0 Å². The molecule has 4 heteroatoms. The standard InChI is InChI=1S/C14H21N3O/c1-15-12-8-9-13(16-10-12)14(18)17-11-6-4-2-3-5-7-11/h8-11,15H,2-7H2,1H3,(H,17,18). The van der Waals surface area contributed by atoms with Gasteiger partial charge in [-0.1, -0.05) is 25.7 Å². The van der Waals surface area contributed by atoms with E-state index in [1.54, 1.807) is 12.3 Å². The Labute approximate surface area is 108 Å². The Hall–Kier alpha value is -1.58. The van der Waals surface area contributed by atoms with Crippen molar-refractivity contribution in [1.82, 2.24) is 10.3 Å². The van der Waals surface area contributed by atoms with E-state index in [0.29, 0.717) is 11.7 Å². The molecule has 0 saturated heterocycles. The van der Waals surface area contributed by atoms with Crippen molar-refractivity contribution in [3.8, 4) is 0 Å². The minimum absolute atomic E-state index is 0.0513. The van der Waals surface area contributed by atoms with Crippen molar-refractivity contribution in [2.45, 2.75) is 44.6 Å². The third-order valence-electron chi connectivity index (χ3n) is 3.48. The Morgan fingerprint density at radius 3 is 2.50 bits per heavy atom. The highest BCUT2D eigenvalue weighted by molar-refractivity contribution is 5.92. The molecular formula is C14H21N3O. The second-order valence-corrected chi connectivity index (χ2v) is 4.84. The SMILES string of the molecule is CNc1ccc(C(=O)NC2CCCCCC2)nc1. The zero-order chi connectivity index (χ0) is 12.8. The van der Waals surface area contributed by atoms with Crippen molar-refractivity contribution in [3.63, 3.8) is 0 Å². The van der Waals surface area contributed by atoms with E-state index in [2.05, 4.69) is 15.6 Å². The van der Waals surface area contributed by atoms with Gasteiger partial charge >= 0.3 is 0 Å². The summed E-state index contributed by atoms with van der Waals surface area (Å²) in [6, 6.07) is 3.96. The molecule has 1 aliphatic rings. The minimum atomic E-state index is -0.0513.